The molecule has 4 heteroatoms. The maximum atomic E-state index is 13.6. The van der Waals surface area contributed by atoms with Crippen LogP contribution in [0.1, 0.15) is 30.9 Å². The van der Waals surface area contributed by atoms with Gasteiger partial charge in [0, 0.05) is 0 Å². The minimum absolute atomic E-state index is 0.471. The Kier molecular flexibility index (Phi) is 3.85. The van der Waals surface area contributed by atoms with Gasteiger partial charge >= 0.3 is 0 Å². The molecular formula is C14H19F2NO. The predicted octanol–water partition coefficient (Wildman–Crippen LogP) is 3.10. The summed E-state index contributed by atoms with van der Waals surface area (Å²) in [5.41, 5.74) is 0.491. The average molecular weight is 255 g/mol. The summed E-state index contributed by atoms with van der Waals surface area (Å²) in [6.07, 6.45) is -0.294. The Morgan fingerprint density at radius 3 is 2.83 bits per heavy atom. The molecule has 0 bridgehead atoms. The standard InChI is InChI=1S/C14H19F2NO/c1-3-17-14(13(15)16)8-4-5-10-6-7-11(18-2)9-12(10)14/h6-7,9,13,17H,3-5,8H2,1-2H3. The molecule has 2 nitrogen and oxygen atoms in total. The first kappa shape index (κ1) is 13.3. The number of hydrogen-bond donors (Lipinski definition) is 1. The first-order valence-electron chi connectivity index (χ1n) is 6.34. The van der Waals surface area contributed by atoms with Gasteiger partial charge in [0.25, 0.3) is 6.43 Å². The van der Waals surface area contributed by atoms with Crippen LogP contribution in [-0.2, 0) is 12.0 Å². The van der Waals surface area contributed by atoms with E-state index in [1.165, 1.54) is 0 Å². The zero-order valence-corrected chi connectivity index (χ0v) is 10.8. The quantitative estimate of drug-likeness (QED) is 0.892. The van der Waals surface area contributed by atoms with E-state index in [9.17, 15) is 8.78 Å². The Hall–Kier alpha value is -1.16. The van der Waals surface area contributed by atoms with Crippen LogP contribution in [0.3, 0.4) is 0 Å². The third kappa shape index (κ3) is 2.09. The van der Waals surface area contributed by atoms with Gasteiger partial charge in [0.1, 0.15) is 11.3 Å². The van der Waals surface area contributed by atoms with Crippen LogP contribution in [0, 0.1) is 0 Å². The molecule has 18 heavy (non-hydrogen) atoms. The number of benzene rings is 1. The third-order valence-corrected chi connectivity index (χ3v) is 3.68. The van der Waals surface area contributed by atoms with Gasteiger partial charge in [-0.25, -0.2) is 8.78 Å². The van der Waals surface area contributed by atoms with Gasteiger partial charge in [-0.1, -0.05) is 13.0 Å². The van der Waals surface area contributed by atoms with Gasteiger partial charge in [0.15, 0.2) is 0 Å². The number of halogens is 2. The van der Waals surface area contributed by atoms with Gasteiger partial charge in [-0.2, -0.15) is 0 Å². The first-order chi connectivity index (χ1) is 8.64. The summed E-state index contributed by atoms with van der Waals surface area (Å²) in [4.78, 5) is 0. The van der Waals surface area contributed by atoms with E-state index < -0.39 is 12.0 Å². The molecule has 100 valence electrons. The van der Waals surface area contributed by atoms with Crippen molar-refractivity contribution in [2.45, 2.75) is 38.2 Å². The zero-order chi connectivity index (χ0) is 13.2. The second-order valence-corrected chi connectivity index (χ2v) is 4.68. The van der Waals surface area contributed by atoms with Gasteiger partial charge in [-0.3, -0.25) is 0 Å². The van der Waals surface area contributed by atoms with Crippen LogP contribution in [0.5, 0.6) is 5.75 Å². The van der Waals surface area contributed by atoms with E-state index in [1.807, 2.05) is 19.1 Å². The molecule has 0 fully saturated rings. The molecule has 1 atom stereocenters. The molecule has 0 aromatic heterocycles. The number of aryl methyl sites for hydroxylation is 1. The minimum atomic E-state index is -2.41. The SMILES string of the molecule is CCNC1(C(F)F)CCCc2ccc(OC)cc21. The highest BCUT2D eigenvalue weighted by atomic mass is 19.3. The smallest absolute Gasteiger partial charge is 0.260 e. The van der Waals surface area contributed by atoms with Crippen LogP contribution in [0.15, 0.2) is 18.2 Å². The lowest BCUT2D eigenvalue weighted by Gasteiger charge is -2.39. The second-order valence-electron chi connectivity index (χ2n) is 4.68. The van der Waals surface area contributed by atoms with Crippen molar-refractivity contribution in [1.29, 1.82) is 0 Å². The van der Waals surface area contributed by atoms with Crippen molar-refractivity contribution < 1.29 is 13.5 Å². The van der Waals surface area contributed by atoms with E-state index in [0.29, 0.717) is 24.3 Å². The molecule has 0 heterocycles. The molecule has 1 aromatic carbocycles. The molecule has 1 aromatic rings. The average Bonchev–Trinajstić information content (AvgIpc) is 2.38. The van der Waals surface area contributed by atoms with Crippen molar-refractivity contribution in [3.8, 4) is 5.75 Å². The molecule has 0 aliphatic heterocycles. The van der Waals surface area contributed by atoms with E-state index in [4.69, 9.17) is 4.74 Å². The van der Waals surface area contributed by atoms with E-state index in [-0.39, 0.29) is 0 Å². The normalized spacial score (nSPS) is 22.9. The van der Waals surface area contributed by atoms with Crippen molar-refractivity contribution >= 4 is 0 Å². The number of hydrogen-bond acceptors (Lipinski definition) is 2. The highest BCUT2D eigenvalue weighted by Crippen LogP contribution is 2.41. The molecule has 0 radical (unpaired) electrons. The number of ether oxygens (including phenoxy) is 1. The molecule has 1 aliphatic carbocycles. The fourth-order valence-corrected chi connectivity index (χ4v) is 2.81. The fraction of sp³-hybridized carbons (Fsp3) is 0.571. The highest BCUT2D eigenvalue weighted by Gasteiger charge is 2.44. The van der Waals surface area contributed by atoms with Crippen LogP contribution < -0.4 is 10.1 Å². The van der Waals surface area contributed by atoms with Gasteiger partial charge in [0.2, 0.25) is 0 Å². The lowest BCUT2D eigenvalue weighted by Crippen LogP contribution is -2.50. The van der Waals surface area contributed by atoms with Crippen molar-refractivity contribution in [2.75, 3.05) is 13.7 Å². The summed E-state index contributed by atoms with van der Waals surface area (Å²) in [6.45, 7) is 2.39. The van der Waals surface area contributed by atoms with E-state index in [2.05, 4.69) is 5.32 Å². The van der Waals surface area contributed by atoms with Crippen molar-refractivity contribution in [2.24, 2.45) is 0 Å². The molecule has 1 unspecified atom stereocenters. The van der Waals surface area contributed by atoms with Crippen LogP contribution in [0.4, 0.5) is 8.78 Å². The molecule has 0 amide bonds. The summed E-state index contributed by atoms with van der Waals surface area (Å²) in [6, 6.07) is 5.50. The lowest BCUT2D eigenvalue weighted by atomic mass is 9.76. The monoisotopic (exact) mass is 255 g/mol. The Bertz CT molecular complexity index is 422. The van der Waals surface area contributed by atoms with Gasteiger partial charge in [-0.05, 0) is 49.1 Å². The van der Waals surface area contributed by atoms with Crippen LogP contribution in [0.2, 0.25) is 0 Å². The molecule has 0 saturated heterocycles. The molecule has 1 N–H and O–H groups in total. The van der Waals surface area contributed by atoms with E-state index >= 15 is 0 Å². The topological polar surface area (TPSA) is 21.3 Å². The molecular weight excluding hydrogens is 236 g/mol. The summed E-state index contributed by atoms with van der Waals surface area (Å²) < 4.78 is 32.3. The Balaban J connectivity index is 2.52. The number of methoxy groups -OCH3 is 1. The second kappa shape index (κ2) is 5.22. The largest absolute Gasteiger partial charge is 0.497 e. The van der Waals surface area contributed by atoms with Crippen LogP contribution in [0.25, 0.3) is 0 Å². The number of alkyl halides is 2. The molecule has 0 spiro atoms. The highest BCUT2D eigenvalue weighted by molar-refractivity contribution is 5.42. The Labute approximate surface area is 106 Å². The number of nitrogens with one attached hydrogen (secondary N) is 1. The summed E-state index contributed by atoms with van der Waals surface area (Å²) in [7, 11) is 1.56. The maximum absolute atomic E-state index is 13.6. The van der Waals surface area contributed by atoms with E-state index in [1.54, 1.807) is 13.2 Å². The Morgan fingerprint density at radius 2 is 2.22 bits per heavy atom. The van der Waals surface area contributed by atoms with Crippen LogP contribution in [-0.4, -0.2) is 20.1 Å². The summed E-state index contributed by atoms with van der Waals surface area (Å²) in [5, 5.41) is 3.00. The molecule has 2 rings (SSSR count). The predicted molar refractivity (Wildman–Crippen MR) is 67.3 cm³/mol. The van der Waals surface area contributed by atoms with Crippen molar-refractivity contribution in [3.63, 3.8) is 0 Å². The van der Waals surface area contributed by atoms with Gasteiger partial charge < -0.3 is 10.1 Å². The number of rotatable bonds is 4. The lowest BCUT2D eigenvalue weighted by molar-refractivity contribution is 0.0170. The van der Waals surface area contributed by atoms with Gasteiger partial charge in [0.05, 0.1) is 7.11 Å². The van der Waals surface area contributed by atoms with E-state index in [0.717, 1.165) is 18.4 Å². The van der Waals surface area contributed by atoms with Crippen molar-refractivity contribution in [1.82, 2.24) is 5.32 Å². The third-order valence-electron chi connectivity index (χ3n) is 3.68. The van der Waals surface area contributed by atoms with Gasteiger partial charge in [-0.15, -0.1) is 0 Å². The Morgan fingerprint density at radius 1 is 1.44 bits per heavy atom. The molecule has 1 aliphatic rings. The number of fused-ring (bicyclic) bond motifs is 1. The van der Waals surface area contributed by atoms with Crippen LogP contribution >= 0.6 is 0 Å². The first-order valence-corrected chi connectivity index (χ1v) is 6.34. The summed E-state index contributed by atoms with van der Waals surface area (Å²) in [5.74, 6) is 0.638. The fourth-order valence-electron chi connectivity index (χ4n) is 2.81. The van der Waals surface area contributed by atoms with Crippen molar-refractivity contribution in [3.05, 3.63) is 29.3 Å². The maximum Gasteiger partial charge on any atom is 0.260 e. The zero-order valence-electron chi connectivity index (χ0n) is 10.8. The minimum Gasteiger partial charge on any atom is -0.497 e. The summed E-state index contributed by atoms with van der Waals surface area (Å²) >= 11 is 0. The molecule has 0 saturated carbocycles.